The Hall–Kier alpha value is -3.27. The van der Waals surface area contributed by atoms with Crippen LogP contribution < -0.4 is 5.32 Å². The first-order valence-electron chi connectivity index (χ1n) is 10.5. The topological polar surface area (TPSA) is 125 Å². The molecule has 33 heavy (non-hydrogen) atoms. The van der Waals surface area contributed by atoms with Crippen molar-refractivity contribution in [2.24, 2.45) is 0 Å². The van der Waals surface area contributed by atoms with Crippen LogP contribution in [0.3, 0.4) is 0 Å². The Morgan fingerprint density at radius 3 is 2.33 bits per heavy atom. The Bertz CT molecular complexity index is 1230. The lowest BCUT2D eigenvalue weighted by atomic mass is 10.1. The van der Waals surface area contributed by atoms with Gasteiger partial charge >= 0.3 is 0 Å². The molecule has 174 valence electrons. The maximum atomic E-state index is 12.2. The van der Waals surface area contributed by atoms with Gasteiger partial charge in [0.1, 0.15) is 5.69 Å². The van der Waals surface area contributed by atoms with Gasteiger partial charge in [0.2, 0.25) is 5.89 Å². The van der Waals surface area contributed by atoms with Crippen molar-refractivity contribution in [1.82, 2.24) is 25.5 Å². The first-order valence-corrected chi connectivity index (χ1v) is 11.8. The van der Waals surface area contributed by atoms with Gasteiger partial charge < -0.3 is 15.2 Å². The van der Waals surface area contributed by atoms with Gasteiger partial charge in [-0.25, -0.2) is 4.98 Å². The molecule has 3 N–H and O–H groups in total. The Kier molecular flexibility index (Phi) is 8.16. The first kappa shape index (κ1) is 24.4. The standard InChI is InChI=1S/C24H25N5O2S.H2O.H2/c1-4-13-32(30)20-11-9-18(10-12-20)21-15-26-16(2)22(27-21)24-29-28-23(31-24)19-7-5-17(6-8-19)14-25-3;;/h5-12,15,25H,4,13-14H2,1-3H3;1H2;1H. The van der Waals surface area contributed by atoms with Gasteiger partial charge in [-0.15, -0.1) is 10.2 Å². The third-order valence-corrected chi connectivity index (χ3v) is 6.54. The van der Waals surface area contributed by atoms with Crippen LogP contribution in [0.1, 0.15) is 26.0 Å². The molecule has 0 radical (unpaired) electrons. The number of nitrogens with zero attached hydrogens (tertiary/aromatic N) is 4. The van der Waals surface area contributed by atoms with E-state index in [1.54, 1.807) is 6.20 Å². The molecular formula is C24H29N5O3S. The fourth-order valence-electron chi connectivity index (χ4n) is 3.28. The normalized spacial score (nSPS) is 11.7. The molecule has 2 aromatic heterocycles. The molecule has 1 unspecified atom stereocenters. The Labute approximate surface area is 196 Å². The van der Waals surface area contributed by atoms with Crippen LogP contribution in [0.25, 0.3) is 34.3 Å². The van der Waals surface area contributed by atoms with Crippen LogP contribution in [-0.4, -0.2) is 42.7 Å². The predicted molar refractivity (Wildman–Crippen MR) is 131 cm³/mol. The summed E-state index contributed by atoms with van der Waals surface area (Å²) in [6.07, 6.45) is 2.60. The second-order valence-electron chi connectivity index (χ2n) is 7.40. The van der Waals surface area contributed by atoms with E-state index < -0.39 is 10.8 Å². The molecule has 0 spiro atoms. The highest BCUT2D eigenvalue weighted by atomic mass is 32.2. The lowest BCUT2D eigenvalue weighted by Gasteiger charge is -2.06. The Balaban J connectivity index is 0.00000204. The third kappa shape index (κ3) is 5.57. The fourth-order valence-corrected chi connectivity index (χ4v) is 4.32. The summed E-state index contributed by atoms with van der Waals surface area (Å²) in [5.41, 5.74) is 4.85. The summed E-state index contributed by atoms with van der Waals surface area (Å²) in [4.78, 5) is 10.0. The monoisotopic (exact) mass is 467 g/mol. The summed E-state index contributed by atoms with van der Waals surface area (Å²) in [7, 11) is 0.937. The van der Waals surface area contributed by atoms with Gasteiger partial charge in [-0.1, -0.05) is 31.2 Å². The molecule has 2 heterocycles. The van der Waals surface area contributed by atoms with Crippen LogP contribution in [0, 0.1) is 6.92 Å². The lowest BCUT2D eigenvalue weighted by molar-refractivity contribution is 0.581. The summed E-state index contributed by atoms with van der Waals surface area (Å²) in [6.45, 7) is 4.68. The minimum Gasteiger partial charge on any atom is -0.415 e. The molecule has 8 nitrogen and oxygen atoms in total. The minimum atomic E-state index is -0.977. The summed E-state index contributed by atoms with van der Waals surface area (Å²) < 4.78 is 18.1. The molecule has 0 saturated heterocycles. The van der Waals surface area contributed by atoms with Crippen molar-refractivity contribution in [3.05, 3.63) is 66.0 Å². The van der Waals surface area contributed by atoms with Crippen molar-refractivity contribution in [2.45, 2.75) is 31.7 Å². The van der Waals surface area contributed by atoms with E-state index in [0.717, 1.165) is 29.0 Å². The highest BCUT2D eigenvalue weighted by Crippen LogP contribution is 2.27. The SMILES string of the molecule is CCCS(=O)c1ccc(-c2cnc(C)c(-c3nnc(-c4ccc(CNC)cc4)o3)n2)cc1.O.[HH]. The van der Waals surface area contributed by atoms with Gasteiger partial charge in [0, 0.05) is 29.7 Å². The first-order chi connectivity index (χ1) is 15.6. The number of aromatic nitrogens is 4. The lowest BCUT2D eigenvalue weighted by Crippen LogP contribution is -2.04. The second kappa shape index (κ2) is 11.0. The summed E-state index contributed by atoms with van der Waals surface area (Å²) in [5, 5.41) is 11.5. The van der Waals surface area contributed by atoms with Crippen molar-refractivity contribution < 1.29 is 15.5 Å². The van der Waals surface area contributed by atoms with Crippen molar-refractivity contribution >= 4 is 10.8 Å². The van der Waals surface area contributed by atoms with Crippen molar-refractivity contribution in [3.8, 4) is 34.3 Å². The average molecular weight is 468 g/mol. The van der Waals surface area contributed by atoms with Crippen LogP contribution in [-0.2, 0) is 17.3 Å². The van der Waals surface area contributed by atoms with Crippen LogP contribution in [0.5, 0.6) is 0 Å². The molecule has 0 amide bonds. The Morgan fingerprint density at radius 2 is 1.67 bits per heavy atom. The highest BCUT2D eigenvalue weighted by Gasteiger charge is 2.16. The van der Waals surface area contributed by atoms with Crippen molar-refractivity contribution in [3.63, 3.8) is 0 Å². The van der Waals surface area contributed by atoms with E-state index in [1.165, 1.54) is 5.56 Å². The highest BCUT2D eigenvalue weighted by molar-refractivity contribution is 7.85. The summed E-state index contributed by atoms with van der Waals surface area (Å²) >= 11 is 0. The smallest absolute Gasteiger partial charge is 0.268 e. The van der Waals surface area contributed by atoms with E-state index in [1.807, 2.05) is 69.4 Å². The molecule has 2 aromatic carbocycles. The molecule has 0 aliphatic rings. The van der Waals surface area contributed by atoms with E-state index in [9.17, 15) is 4.21 Å². The minimum absolute atomic E-state index is 0. The molecule has 9 heteroatoms. The van der Waals surface area contributed by atoms with Gasteiger partial charge in [0.05, 0.1) is 28.4 Å². The molecule has 0 fully saturated rings. The van der Waals surface area contributed by atoms with E-state index in [2.05, 4.69) is 20.5 Å². The van der Waals surface area contributed by atoms with Crippen LogP contribution in [0.15, 0.2) is 64.0 Å². The zero-order valence-electron chi connectivity index (χ0n) is 18.8. The third-order valence-electron chi connectivity index (χ3n) is 4.97. The van der Waals surface area contributed by atoms with E-state index in [0.29, 0.717) is 34.6 Å². The Morgan fingerprint density at radius 1 is 1.00 bits per heavy atom. The summed E-state index contributed by atoms with van der Waals surface area (Å²) in [5.74, 6) is 1.42. The van der Waals surface area contributed by atoms with Crippen LogP contribution in [0.4, 0.5) is 0 Å². The number of hydrogen-bond acceptors (Lipinski definition) is 7. The van der Waals surface area contributed by atoms with Gasteiger partial charge in [0.25, 0.3) is 5.89 Å². The predicted octanol–water partition coefficient (Wildman–Crippen LogP) is 3.83. The molecular weight excluding hydrogens is 438 g/mol. The second-order valence-corrected chi connectivity index (χ2v) is 8.97. The van der Waals surface area contributed by atoms with Gasteiger partial charge in [0.15, 0.2) is 0 Å². The number of benzene rings is 2. The molecule has 0 bridgehead atoms. The number of rotatable bonds is 8. The average Bonchev–Trinajstić information content (AvgIpc) is 3.30. The van der Waals surface area contributed by atoms with Crippen LogP contribution in [0.2, 0.25) is 0 Å². The number of aryl methyl sites for hydroxylation is 1. The maximum absolute atomic E-state index is 12.2. The van der Waals surface area contributed by atoms with E-state index in [4.69, 9.17) is 9.40 Å². The maximum Gasteiger partial charge on any atom is 0.268 e. The fraction of sp³-hybridized carbons (Fsp3) is 0.250. The van der Waals surface area contributed by atoms with E-state index >= 15 is 0 Å². The van der Waals surface area contributed by atoms with Gasteiger partial charge in [-0.2, -0.15) is 0 Å². The molecule has 4 aromatic rings. The molecule has 0 saturated carbocycles. The quantitative estimate of drug-likeness (QED) is 0.417. The molecule has 1 atom stereocenters. The summed E-state index contributed by atoms with van der Waals surface area (Å²) in [6, 6.07) is 15.6. The van der Waals surface area contributed by atoms with Gasteiger partial charge in [-0.3, -0.25) is 9.19 Å². The van der Waals surface area contributed by atoms with Crippen molar-refractivity contribution in [2.75, 3.05) is 12.8 Å². The van der Waals surface area contributed by atoms with E-state index in [-0.39, 0.29) is 6.90 Å². The number of nitrogens with one attached hydrogen (secondary N) is 1. The zero-order chi connectivity index (χ0) is 22.5. The largest absolute Gasteiger partial charge is 0.415 e. The van der Waals surface area contributed by atoms with Crippen LogP contribution >= 0.6 is 0 Å². The molecule has 0 aliphatic heterocycles. The zero-order valence-corrected chi connectivity index (χ0v) is 19.6. The van der Waals surface area contributed by atoms with Crippen molar-refractivity contribution in [1.29, 1.82) is 0 Å². The van der Waals surface area contributed by atoms with Gasteiger partial charge in [-0.05, 0) is 50.2 Å². The number of hydrogen-bond donors (Lipinski definition) is 1. The molecule has 4 rings (SSSR count). The molecule has 0 aliphatic carbocycles.